The predicted molar refractivity (Wildman–Crippen MR) is 115 cm³/mol. The summed E-state index contributed by atoms with van der Waals surface area (Å²) in [6.07, 6.45) is 1.47. The van der Waals surface area contributed by atoms with Crippen molar-refractivity contribution in [2.45, 2.75) is 33.1 Å². The van der Waals surface area contributed by atoms with Gasteiger partial charge in [-0.05, 0) is 38.5 Å². The third kappa shape index (κ3) is 4.94. The van der Waals surface area contributed by atoms with Crippen LogP contribution in [0.25, 0.3) is 0 Å². The van der Waals surface area contributed by atoms with Gasteiger partial charge in [0, 0.05) is 37.1 Å². The van der Waals surface area contributed by atoms with Crippen LogP contribution in [-0.4, -0.2) is 47.2 Å². The monoisotopic (exact) mass is 434 g/mol. The minimum Gasteiger partial charge on any atom is -0.339 e. The fourth-order valence-electron chi connectivity index (χ4n) is 3.17. The lowest BCUT2D eigenvalue weighted by Crippen LogP contribution is -2.30. The number of anilines is 2. The molecule has 1 saturated heterocycles. The highest BCUT2D eigenvalue weighted by atomic mass is 35.5. The van der Waals surface area contributed by atoms with E-state index < -0.39 is 0 Å². The van der Waals surface area contributed by atoms with Gasteiger partial charge in [-0.3, -0.25) is 19.3 Å². The van der Waals surface area contributed by atoms with E-state index in [9.17, 15) is 14.4 Å². The number of carbonyl (C=O) groups is 3. The molecule has 9 heteroatoms. The van der Waals surface area contributed by atoms with E-state index in [-0.39, 0.29) is 24.1 Å². The zero-order valence-corrected chi connectivity index (χ0v) is 18.0. The van der Waals surface area contributed by atoms with Gasteiger partial charge >= 0.3 is 0 Å². The fourth-order valence-corrected chi connectivity index (χ4v) is 4.30. The number of aromatic nitrogens is 1. The summed E-state index contributed by atoms with van der Waals surface area (Å²) < 4.78 is 0. The number of halogens is 1. The maximum Gasteiger partial charge on any atom is 0.255 e. The number of hydrogen-bond donors (Lipinski definition) is 1. The first kappa shape index (κ1) is 21.3. The maximum atomic E-state index is 12.5. The van der Waals surface area contributed by atoms with Gasteiger partial charge in [0.2, 0.25) is 11.8 Å². The molecule has 1 aliphatic rings. The van der Waals surface area contributed by atoms with Gasteiger partial charge < -0.3 is 10.2 Å². The van der Waals surface area contributed by atoms with Gasteiger partial charge in [-0.2, -0.15) is 0 Å². The molecule has 154 valence electrons. The number of benzene rings is 1. The standard InChI is InChI=1S/C20H23ClN4O3S/c1-3-24(4-2)19(28)15-8-7-13(10-16(15)21)22-17(26)11-14-12-29-20(23-14)25-9-5-6-18(25)27/h7-8,10,12H,3-6,9,11H2,1-2H3,(H,22,26). The Morgan fingerprint density at radius 2 is 2.07 bits per heavy atom. The number of nitrogens with zero attached hydrogens (tertiary/aromatic N) is 3. The minimum atomic E-state index is -0.242. The molecular weight excluding hydrogens is 412 g/mol. The molecule has 0 atom stereocenters. The number of nitrogens with one attached hydrogen (secondary N) is 1. The van der Waals surface area contributed by atoms with Crippen molar-refractivity contribution in [3.05, 3.63) is 39.9 Å². The molecule has 29 heavy (non-hydrogen) atoms. The molecule has 3 amide bonds. The first-order chi connectivity index (χ1) is 13.9. The fraction of sp³-hybridized carbons (Fsp3) is 0.400. The van der Waals surface area contributed by atoms with Crippen molar-refractivity contribution in [3.63, 3.8) is 0 Å². The lowest BCUT2D eigenvalue weighted by molar-refractivity contribution is -0.117. The van der Waals surface area contributed by atoms with Crippen LogP contribution in [0.3, 0.4) is 0 Å². The van der Waals surface area contributed by atoms with Crippen molar-refractivity contribution in [2.75, 3.05) is 29.9 Å². The van der Waals surface area contributed by atoms with Gasteiger partial charge in [-0.25, -0.2) is 4.98 Å². The number of carbonyl (C=O) groups excluding carboxylic acids is 3. The Labute approximate surface area is 178 Å². The highest BCUT2D eigenvalue weighted by molar-refractivity contribution is 7.14. The molecule has 0 spiro atoms. The third-order valence-electron chi connectivity index (χ3n) is 4.72. The summed E-state index contributed by atoms with van der Waals surface area (Å²) in [5, 5.41) is 5.50. The molecular formula is C20H23ClN4O3S. The van der Waals surface area contributed by atoms with Crippen LogP contribution in [0, 0.1) is 0 Å². The Hall–Kier alpha value is -2.45. The van der Waals surface area contributed by atoms with Crippen LogP contribution in [0.2, 0.25) is 5.02 Å². The second kappa shape index (κ2) is 9.37. The molecule has 2 aromatic rings. The zero-order valence-electron chi connectivity index (χ0n) is 16.4. The SMILES string of the molecule is CCN(CC)C(=O)c1ccc(NC(=O)Cc2csc(N3CCCC3=O)n2)cc1Cl. The number of thiazole rings is 1. The molecule has 1 aliphatic heterocycles. The Morgan fingerprint density at radius 1 is 1.31 bits per heavy atom. The molecule has 2 heterocycles. The second-order valence-electron chi connectivity index (χ2n) is 6.67. The first-order valence-corrected chi connectivity index (χ1v) is 10.8. The van der Waals surface area contributed by atoms with Crippen molar-refractivity contribution in [1.82, 2.24) is 9.88 Å². The van der Waals surface area contributed by atoms with Gasteiger partial charge in [0.25, 0.3) is 5.91 Å². The molecule has 7 nitrogen and oxygen atoms in total. The first-order valence-electron chi connectivity index (χ1n) is 9.56. The quantitative estimate of drug-likeness (QED) is 0.721. The Bertz CT molecular complexity index is 926. The van der Waals surface area contributed by atoms with Gasteiger partial charge in [-0.15, -0.1) is 11.3 Å². The molecule has 0 saturated carbocycles. The summed E-state index contributed by atoms with van der Waals surface area (Å²) >= 11 is 7.63. The summed E-state index contributed by atoms with van der Waals surface area (Å²) in [4.78, 5) is 44.4. The zero-order chi connectivity index (χ0) is 21.0. The van der Waals surface area contributed by atoms with Crippen molar-refractivity contribution >= 4 is 51.5 Å². The van der Waals surface area contributed by atoms with E-state index in [0.29, 0.717) is 53.2 Å². The van der Waals surface area contributed by atoms with Crippen molar-refractivity contribution < 1.29 is 14.4 Å². The normalized spacial score (nSPS) is 13.6. The average Bonchev–Trinajstić information content (AvgIpc) is 3.31. The largest absolute Gasteiger partial charge is 0.339 e. The summed E-state index contributed by atoms with van der Waals surface area (Å²) in [6.45, 7) is 5.70. The molecule has 0 aliphatic carbocycles. The summed E-state index contributed by atoms with van der Waals surface area (Å²) in [5.74, 6) is -0.304. The number of rotatable bonds is 7. The second-order valence-corrected chi connectivity index (χ2v) is 7.91. The van der Waals surface area contributed by atoms with E-state index >= 15 is 0 Å². The number of hydrogen-bond acceptors (Lipinski definition) is 5. The van der Waals surface area contributed by atoms with E-state index in [0.717, 1.165) is 6.42 Å². The minimum absolute atomic E-state index is 0.0735. The van der Waals surface area contributed by atoms with Crippen LogP contribution in [0.4, 0.5) is 10.8 Å². The van der Waals surface area contributed by atoms with Crippen LogP contribution >= 0.6 is 22.9 Å². The number of amides is 3. The molecule has 3 rings (SSSR count). The van der Waals surface area contributed by atoms with Crippen LogP contribution in [0.5, 0.6) is 0 Å². The summed E-state index contributed by atoms with van der Waals surface area (Å²) in [7, 11) is 0. The van der Waals surface area contributed by atoms with Crippen LogP contribution in [0.1, 0.15) is 42.7 Å². The van der Waals surface area contributed by atoms with E-state index in [1.54, 1.807) is 33.4 Å². The average molecular weight is 435 g/mol. The molecule has 1 aromatic heterocycles. The third-order valence-corrected chi connectivity index (χ3v) is 5.94. The topological polar surface area (TPSA) is 82.6 Å². The predicted octanol–water partition coefficient (Wildman–Crippen LogP) is 3.59. The highest BCUT2D eigenvalue weighted by Gasteiger charge is 2.24. The van der Waals surface area contributed by atoms with Crippen molar-refractivity contribution in [2.24, 2.45) is 0 Å². The van der Waals surface area contributed by atoms with Gasteiger partial charge in [0.15, 0.2) is 5.13 Å². The Kier molecular flexibility index (Phi) is 6.87. The highest BCUT2D eigenvalue weighted by Crippen LogP contribution is 2.26. The van der Waals surface area contributed by atoms with Gasteiger partial charge in [0.05, 0.1) is 22.7 Å². The summed E-state index contributed by atoms with van der Waals surface area (Å²) in [6, 6.07) is 4.86. The van der Waals surface area contributed by atoms with Crippen molar-refractivity contribution in [1.29, 1.82) is 0 Å². The smallest absolute Gasteiger partial charge is 0.255 e. The van der Waals surface area contributed by atoms with Crippen LogP contribution < -0.4 is 10.2 Å². The Morgan fingerprint density at radius 3 is 2.69 bits per heavy atom. The summed E-state index contributed by atoms with van der Waals surface area (Å²) in [5.41, 5.74) is 1.54. The van der Waals surface area contributed by atoms with Gasteiger partial charge in [0.1, 0.15) is 0 Å². The van der Waals surface area contributed by atoms with E-state index in [4.69, 9.17) is 11.6 Å². The molecule has 1 N–H and O–H groups in total. The van der Waals surface area contributed by atoms with E-state index in [1.165, 1.54) is 11.3 Å². The molecule has 1 fully saturated rings. The molecule has 1 aromatic carbocycles. The van der Waals surface area contributed by atoms with Crippen molar-refractivity contribution in [3.8, 4) is 0 Å². The lowest BCUT2D eigenvalue weighted by Gasteiger charge is -2.19. The van der Waals surface area contributed by atoms with Gasteiger partial charge in [-0.1, -0.05) is 11.6 Å². The molecule has 0 radical (unpaired) electrons. The molecule has 0 bridgehead atoms. The van der Waals surface area contributed by atoms with Crippen LogP contribution in [0.15, 0.2) is 23.6 Å². The van der Waals surface area contributed by atoms with Crippen LogP contribution in [-0.2, 0) is 16.0 Å². The molecule has 0 unspecified atom stereocenters. The van der Waals surface area contributed by atoms with E-state index in [1.807, 2.05) is 13.8 Å². The maximum absolute atomic E-state index is 12.5. The Balaban J connectivity index is 1.62. The lowest BCUT2D eigenvalue weighted by atomic mass is 10.1. The van der Waals surface area contributed by atoms with E-state index in [2.05, 4.69) is 10.3 Å².